The van der Waals surface area contributed by atoms with Crippen LogP contribution in [-0.2, 0) is 11.8 Å². The Kier molecular flexibility index (Phi) is 3.42. The largest absolute Gasteiger partial charge is 0.315 e. The van der Waals surface area contributed by atoms with Gasteiger partial charge in [-0.1, -0.05) is 29.8 Å². The highest BCUT2D eigenvalue weighted by molar-refractivity contribution is 7.09. The molecular formula is C16H20N2S. The van der Waals surface area contributed by atoms with Crippen LogP contribution in [0.4, 0.5) is 0 Å². The van der Waals surface area contributed by atoms with E-state index in [1.807, 2.05) is 5.51 Å². The quantitative estimate of drug-likeness (QED) is 0.924. The first-order valence-corrected chi connectivity index (χ1v) is 7.74. The lowest BCUT2D eigenvalue weighted by atomic mass is 9.71. The molecule has 0 bridgehead atoms. The van der Waals surface area contributed by atoms with E-state index in [2.05, 4.69) is 48.4 Å². The zero-order chi connectivity index (χ0) is 13.3. The molecule has 0 amide bonds. The molecule has 100 valence electrons. The Morgan fingerprint density at radius 2 is 2.16 bits per heavy atom. The summed E-state index contributed by atoms with van der Waals surface area (Å²) in [4.78, 5) is 5.79. The molecule has 19 heavy (non-hydrogen) atoms. The number of aromatic nitrogens is 1. The molecule has 1 aliphatic heterocycles. The molecular weight excluding hydrogens is 252 g/mol. The Balaban J connectivity index is 1.78. The van der Waals surface area contributed by atoms with E-state index in [1.165, 1.54) is 28.1 Å². The monoisotopic (exact) mass is 272 g/mol. The van der Waals surface area contributed by atoms with Crippen LogP contribution in [0, 0.1) is 13.8 Å². The Labute approximate surface area is 118 Å². The van der Waals surface area contributed by atoms with Crippen LogP contribution in [0.1, 0.15) is 28.1 Å². The van der Waals surface area contributed by atoms with Crippen LogP contribution in [-0.4, -0.2) is 18.1 Å². The van der Waals surface area contributed by atoms with Crippen molar-refractivity contribution in [1.82, 2.24) is 10.3 Å². The van der Waals surface area contributed by atoms with Crippen molar-refractivity contribution >= 4 is 11.3 Å². The first kappa shape index (κ1) is 12.8. The number of thiazole rings is 1. The van der Waals surface area contributed by atoms with Crippen molar-refractivity contribution < 1.29 is 0 Å². The molecule has 2 aromatic rings. The van der Waals surface area contributed by atoms with E-state index < -0.39 is 0 Å². The van der Waals surface area contributed by atoms with Crippen molar-refractivity contribution in [3.05, 3.63) is 51.5 Å². The van der Waals surface area contributed by atoms with Gasteiger partial charge in [-0.2, -0.15) is 0 Å². The number of rotatable bonds is 4. The molecule has 0 unspecified atom stereocenters. The lowest BCUT2D eigenvalue weighted by molar-refractivity contribution is 0.258. The Bertz CT molecular complexity index is 570. The molecule has 1 saturated heterocycles. The van der Waals surface area contributed by atoms with E-state index in [4.69, 9.17) is 0 Å². The minimum Gasteiger partial charge on any atom is -0.315 e. The summed E-state index contributed by atoms with van der Waals surface area (Å²) in [6.45, 7) is 6.50. The van der Waals surface area contributed by atoms with Gasteiger partial charge in [-0.25, -0.2) is 4.98 Å². The number of nitrogens with one attached hydrogen (secondary N) is 1. The van der Waals surface area contributed by atoms with Gasteiger partial charge in [0.05, 0.1) is 11.2 Å². The smallest absolute Gasteiger partial charge is 0.0797 e. The van der Waals surface area contributed by atoms with Crippen molar-refractivity contribution in [3.8, 4) is 0 Å². The summed E-state index contributed by atoms with van der Waals surface area (Å²) in [5, 5.41) is 3.45. The molecule has 1 aromatic carbocycles. The van der Waals surface area contributed by atoms with Crippen LogP contribution in [0.15, 0.2) is 29.8 Å². The SMILES string of the molecule is Cc1cccc(C2(CCc3scnc3C)CNC2)c1. The van der Waals surface area contributed by atoms with E-state index in [1.54, 1.807) is 11.3 Å². The number of hydrogen-bond acceptors (Lipinski definition) is 3. The zero-order valence-electron chi connectivity index (χ0n) is 11.6. The predicted octanol–water partition coefficient (Wildman–Crippen LogP) is 3.23. The second-order valence-electron chi connectivity index (χ2n) is 5.61. The number of nitrogens with zero attached hydrogens (tertiary/aromatic N) is 1. The van der Waals surface area contributed by atoms with Crippen LogP contribution >= 0.6 is 11.3 Å². The third-order valence-corrected chi connectivity index (χ3v) is 5.23. The van der Waals surface area contributed by atoms with Gasteiger partial charge in [-0.3, -0.25) is 0 Å². The van der Waals surface area contributed by atoms with Gasteiger partial charge in [0.2, 0.25) is 0 Å². The van der Waals surface area contributed by atoms with Crippen molar-refractivity contribution in [1.29, 1.82) is 0 Å². The lowest BCUT2D eigenvalue weighted by Crippen LogP contribution is -2.57. The summed E-state index contributed by atoms with van der Waals surface area (Å²) in [5.41, 5.74) is 6.36. The molecule has 0 spiro atoms. The first-order valence-electron chi connectivity index (χ1n) is 6.86. The molecule has 2 heterocycles. The minimum atomic E-state index is 0.336. The molecule has 1 N–H and O–H groups in total. The molecule has 0 radical (unpaired) electrons. The average Bonchev–Trinajstić information content (AvgIpc) is 2.74. The average molecular weight is 272 g/mol. The fourth-order valence-corrected chi connectivity index (χ4v) is 3.63. The van der Waals surface area contributed by atoms with Crippen molar-refractivity contribution in [3.63, 3.8) is 0 Å². The standard InChI is InChI=1S/C16H20N2S/c1-12-4-3-5-14(8-12)16(9-17-10-16)7-6-15-13(2)18-11-19-15/h3-5,8,11,17H,6-7,9-10H2,1-2H3. The molecule has 1 fully saturated rings. The number of aryl methyl sites for hydroxylation is 3. The lowest BCUT2D eigenvalue weighted by Gasteiger charge is -2.43. The van der Waals surface area contributed by atoms with E-state index in [0.717, 1.165) is 19.5 Å². The van der Waals surface area contributed by atoms with Gasteiger partial charge < -0.3 is 5.32 Å². The topological polar surface area (TPSA) is 24.9 Å². The van der Waals surface area contributed by atoms with Crippen LogP contribution in [0.2, 0.25) is 0 Å². The highest BCUT2D eigenvalue weighted by Crippen LogP contribution is 2.34. The van der Waals surface area contributed by atoms with Gasteiger partial charge in [0.1, 0.15) is 0 Å². The van der Waals surface area contributed by atoms with Gasteiger partial charge in [0.25, 0.3) is 0 Å². The number of hydrogen-bond donors (Lipinski definition) is 1. The summed E-state index contributed by atoms with van der Waals surface area (Å²) in [7, 11) is 0. The van der Waals surface area contributed by atoms with E-state index in [0.29, 0.717) is 5.41 Å². The minimum absolute atomic E-state index is 0.336. The maximum absolute atomic E-state index is 4.35. The van der Waals surface area contributed by atoms with Crippen molar-refractivity contribution in [2.45, 2.75) is 32.1 Å². The maximum Gasteiger partial charge on any atom is 0.0797 e. The van der Waals surface area contributed by atoms with Gasteiger partial charge in [0.15, 0.2) is 0 Å². The number of benzene rings is 1. The van der Waals surface area contributed by atoms with Crippen LogP contribution < -0.4 is 5.32 Å². The molecule has 2 nitrogen and oxygen atoms in total. The summed E-state index contributed by atoms with van der Waals surface area (Å²) in [6, 6.07) is 8.99. The Morgan fingerprint density at radius 3 is 2.74 bits per heavy atom. The van der Waals surface area contributed by atoms with Crippen molar-refractivity contribution in [2.24, 2.45) is 0 Å². The molecule has 0 saturated carbocycles. The van der Waals surface area contributed by atoms with Crippen LogP contribution in [0.25, 0.3) is 0 Å². The fourth-order valence-electron chi connectivity index (χ4n) is 2.85. The fraction of sp³-hybridized carbons (Fsp3) is 0.438. The Hall–Kier alpha value is -1.19. The third kappa shape index (κ3) is 2.45. The molecule has 3 rings (SSSR count). The molecule has 1 aliphatic rings. The summed E-state index contributed by atoms with van der Waals surface area (Å²) >= 11 is 1.79. The highest BCUT2D eigenvalue weighted by atomic mass is 32.1. The zero-order valence-corrected chi connectivity index (χ0v) is 12.4. The Morgan fingerprint density at radius 1 is 1.32 bits per heavy atom. The summed E-state index contributed by atoms with van der Waals surface area (Å²) in [6.07, 6.45) is 2.36. The van der Waals surface area contributed by atoms with Gasteiger partial charge in [-0.05, 0) is 32.3 Å². The third-order valence-electron chi connectivity index (χ3n) is 4.23. The van der Waals surface area contributed by atoms with Gasteiger partial charge in [0, 0.05) is 23.4 Å². The second-order valence-corrected chi connectivity index (χ2v) is 6.55. The summed E-state index contributed by atoms with van der Waals surface area (Å²) in [5.74, 6) is 0. The van der Waals surface area contributed by atoms with E-state index in [9.17, 15) is 0 Å². The normalized spacial score (nSPS) is 17.2. The highest BCUT2D eigenvalue weighted by Gasteiger charge is 2.38. The van der Waals surface area contributed by atoms with Gasteiger partial charge >= 0.3 is 0 Å². The molecule has 0 atom stereocenters. The van der Waals surface area contributed by atoms with E-state index in [-0.39, 0.29) is 0 Å². The first-order chi connectivity index (χ1) is 9.20. The summed E-state index contributed by atoms with van der Waals surface area (Å²) < 4.78 is 0. The second kappa shape index (κ2) is 5.06. The van der Waals surface area contributed by atoms with Gasteiger partial charge in [-0.15, -0.1) is 11.3 Å². The molecule has 0 aliphatic carbocycles. The molecule has 3 heteroatoms. The predicted molar refractivity (Wildman–Crippen MR) is 80.9 cm³/mol. The maximum atomic E-state index is 4.35. The van der Waals surface area contributed by atoms with E-state index >= 15 is 0 Å². The van der Waals surface area contributed by atoms with Crippen LogP contribution in [0.5, 0.6) is 0 Å². The van der Waals surface area contributed by atoms with Crippen molar-refractivity contribution in [2.75, 3.05) is 13.1 Å². The van der Waals surface area contributed by atoms with Crippen LogP contribution in [0.3, 0.4) is 0 Å². The molecule has 1 aromatic heterocycles.